The highest BCUT2D eigenvalue weighted by Gasteiger charge is 2.18. The molecule has 0 spiro atoms. The average molecular weight is 449 g/mol. The Kier molecular flexibility index (Phi) is 5.67. The van der Waals surface area contributed by atoms with Crippen molar-refractivity contribution in [1.82, 2.24) is 4.98 Å². The van der Waals surface area contributed by atoms with Gasteiger partial charge in [-0.3, -0.25) is 4.79 Å². The van der Waals surface area contributed by atoms with Gasteiger partial charge >= 0.3 is 5.97 Å². The summed E-state index contributed by atoms with van der Waals surface area (Å²) in [6, 6.07) is 10.4. The standard InChI is InChI=1S/C19H14BrFN2O3S/c1-10-2-4-11(5-3-10)18-22-13(9-27-18)8-16(24)23-15-7-12(20)6-14(17(15)21)19(25)26/h2-7,9H,8H2,1H3,(H,23,24)(H,25,26). The van der Waals surface area contributed by atoms with E-state index in [1.54, 1.807) is 5.38 Å². The van der Waals surface area contributed by atoms with Crippen molar-refractivity contribution < 1.29 is 19.1 Å². The van der Waals surface area contributed by atoms with Crippen molar-refractivity contribution in [3.8, 4) is 10.6 Å². The Morgan fingerprint density at radius 1 is 1.26 bits per heavy atom. The maximum absolute atomic E-state index is 14.2. The monoisotopic (exact) mass is 448 g/mol. The van der Waals surface area contributed by atoms with Crippen LogP contribution in [-0.2, 0) is 11.2 Å². The van der Waals surface area contributed by atoms with E-state index in [4.69, 9.17) is 5.11 Å². The van der Waals surface area contributed by atoms with E-state index >= 15 is 0 Å². The molecule has 8 heteroatoms. The van der Waals surface area contributed by atoms with Gasteiger partial charge < -0.3 is 10.4 Å². The summed E-state index contributed by atoms with van der Waals surface area (Å²) in [6.07, 6.45) is -0.0449. The summed E-state index contributed by atoms with van der Waals surface area (Å²) in [7, 11) is 0. The second kappa shape index (κ2) is 7.98. The van der Waals surface area contributed by atoms with Gasteiger partial charge in [-0.1, -0.05) is 45.8 Å². The van der Waals surface area contributed by atoms with Crippen molar-refractivity contribution in [2.24, 2.45) is 0 Å². The maximum Gasteiger partial charge on any atom is 0.338 e. The lowest BCUT2D eigenvalue weighted by Crippen LogP contribution is -2.17. The molecule has 0 unspecified atom stereocenters. The molecular weight excluding hydrogens is 435 g/mol. The van der Waals surface area contributed by atoms with Crippen LogP contribution < -0.4 is 5.32 Å². The van der Waals surface area contributed by atoms with Crippen molar-refractivity contribution in [1.29, 1.82) is 0 Å². The van der Waals surface area contributed by atoms with Crippen LogP contribution in [0.2, 0.25) is 0 Å². The van der Waals surface area contributed by atoms with E-state index in [1.165, 1.54) is 17.4 Å². The molecule has 0 fully saturated rings. The molecule has 1 amide bonds. The van der Waals surface area contributed by atoms with Crippen LogP contribution in [0.5, 0.6) is 0 Å². The van der Waals surface area contributed by atoms with Gasteiger partial charge in [-0.25, -0.2) is 14.2 Å². The van der Waals surface area contributed by atoms with Crippen LogP contribution in [-0.4, -0.2) is 22.0 Å². The smallest absolute Gasteiger partial charge is 0.338 e. The Balaban J connectivity index is 1.74. The summed E-state index contributed by atoms with van der Waals surface area (Å²) < 4.78 is 14.6. The topological polar surface area (TPSA) is 79.3 Å². The number of hydrogen-bond donors (Lipinski definition) is 2. The zero-order chi connectivity index (χ0) is 19.6. The van der Waals surface area contributed by atoms with Crippen molar-refractivity contribution in [3.05, 3.63) is 68.9 Å². The van der Waals surface area contributed by atoms with E-state index in [0.29, 0.717) is 10.2 Å². The Morgan fingerprint density at radius 2 is 1.96 bits per heavy atom. The molecule has 27 heavy (non-hydrogen) atoms. The lowest BCUT2D eigenvalue weighted by molar-refractivity contribution is -0.115. The van der Waals surface area contributed by atoms with Gasteiger partial charge in [-0.2, -0.15) is 0 Å². The number of carboxylic acid groups (broad SMARTS) is 1. The van der Waals surface area contributed by atoms with Gasteiger partial charge in [-0.05, 0) is 19.1 Å². The second-order valence-electron chi connectivity index (χ2n) is 5.86. The van der Waals surface area contributed by atoms with Gasteiger partial charge in [0.2, 0.25) is 5.91 Å². The van der Waals surface area contributed by atoms with Crippen molar-refractivity contribution in [3.63, 3.8) is 0 Å². The Morgan fingerprint density at radius 3 is 2.63 bits per heavy atom. The first-order valence-electron chi connectivity index (χ1n) is 7.87. The lowest BCUT2D eigenvalue weighted by Gasteiger charge is -2.08. The molecule has 3 aromatic rings. The number of carbonyl (C=O) groups excluding carboxylic acids is 1. The minimum Gasteiger partial charge on any atom is -0.478 e. The fraction of sp³-hybridized carbons (Fsp3) is 0.105. The molecule has 0 saturated carbocycles. The minimum atomic E-state index is -1.41. The third kappa shape index (κ3) is 4.58. The SMILES string of the molecule is Cc1ccc(-c2nc(CC(=O)Nc3cc(Br)cc(C(=O)O)c3F)cs2)cc1. The molecule has 2 aromatic carbocycles. The molecule has 1 aromatic heterocycles. The number of aryl methyl sites for hydroxylation is 1. The van der Waals surface area contributed by atoms with Gasteiger partial charge in [0.25, 0.3) is 0 Å². The van der Waals surface area contributed by atoms with Gasteiger partial charge in [0.1, 0.15) is 5.01 Å². The fourth-order valence-corrected chi connectivity index (χ4v) is 3.70. The molecule has 0 aliphatic rings. The molecule has 5 nitrogen and oxygen atoms in total. The molecule has 0 aliphatic heterocycles. The largest absolute Gasteiger partial charge is 0.478 e. The molecular formula is C19H14BrFN2O3S. The number of aromatic nitrogens is 1. The summed E-state index contributed by atoms with van der Waals surface area (Å²) in [4.78, 5) is 27.8. The number of carbonyl (C=O) groups is 2. The van der Waals surface area contributed by atoms with Gasteiger partial charge in [0.05, 0.1) is 23.4 Å². The third-order valence-electron chi connectivity index (χ3n) is 3.73. The van der Waals surface area contributed by atoms with E-state index in [2.05, 4.69) is 26.2 Å². The molecule has 3 rings (SSSR count). The molecule has 2 N–H and O–H groups in total. The number of carboxylic acids is 1. The quantitative estimate of drug-likeness (QED) is 0.581. The van der Waals surface area contributed by atoms with Crippen LogP contribution in [0.1, 0.15) is 21.6 Å². The van der Waals surface area contributed by atoms with Gasteiger partial charge in [0.15, 0.2) is 5.82 Å². The maximum atomic E-state index is 14.2. The molecule has 0 saturated heterocycles. The first kappa shape index (κ1) is 19.2. The number of thiazole rings is 1. The predicted molar refractivity (Wildman–Crippen MR) is 106 cm³/mol. The number of benzene rings is 2. The summed E-state index contributed by atoms with van der Waals surface area (Å²) in [5.41, 5.74) is 1.95. The average Bonchev–Trinajstić information content (AvgIpc) is 3.06. The highest BCUT2D eigenvalue weighted by Crippen LogP contribution is 2.26. The molecule has 0 bridgehead atoms. The second-order valence-corrected chi connectivity index (χ2v) is 7.63. The van der Waals surface area contributed by atoms with Crippen molar-refractivity contribution >= 4 is 44.8 Å². The number of nitrogens with zero attached hydrogens (tertiary/aromatic N) is 1. The van der Waals surface area contributed by atoms with E-state index < -0.39 is 23.3 Å². The van der Waals surface area contributed by atoms with E-state index in [-0.39, 0.29) is 12.1 Å². The van der Waals surface area contributed by atoms with Crippen LogP contribution in [0.25, 0.3) is 10.6 Å². The highest BCUT2D eigenvalue weighted by atomic mass is 79.9. The van der Waals surface area contributed by atoms with Crippen LogP contribution >= 0.6 is 27.3 Å². The van der Waals surface area contributed by atoms with Gasteiger partial charge in [0, 0.05) is 15.4 Å². The fourth-order valence-electron chi connectivity index (χ4n) is 2.41. The summed E-state index contributed by atoms with van der Waals surface area (Å²) in [5.74, 6) is -2.88. The number of hydrogen-bond acceptors (Lipinski definition) is 4. The van der Waals surface area contributed by atoms with Crippen LogP contribution in [0.3, 0.4) is 0 Å². The lowest BCUT2D eigenvalue weighted by atomic mass is 10.1. The zero-order valence-electron chi connectivity index (χ0n) is 14.1. The number of amides is 1. The first-order valence-corrected chi connectivity index (χ1v) is 9.54. The van der Waals surface area contributed by atoms with Crippen molar-refractivity contribution in [2.45, 2.75) is 13.3 Å². The van der Waals surface area contributed by atoms with Crippen LogP contribution in [0, 0.1) is 12.7 Å². The number of aromatic carboxylic acids is 1. The van der Waals surface area contributed by atoms with Crippen molar-refractivity contribution in [2.75, 3.05) is 5.32 Å². The molecule has 0 radical (unpaired) electrons. The molecule has 138 valence electrons. The minimum absolute atomic E-state index is 0.0449. The number of nitrogens with one attached hydrogen (secondary N) is 1. The Hall–Kier alpha value is -2.58. The number of halogens is 2. The normalized spacial score (nSPS) is 10.6. The van der Waals surface area contributed by atoms with Crippen LogP contribution in [0.4, 0.5) is 10.1 Å². The summed E-state index contributed by atoms with van der Waals surface area (Å²) in [6.45, 7) is 2.00. The van der Waals surface area contributed by atoms with Crippen LogP contribution in [0.15, 0.2) is 46.3 Å². The predicted octanol–water partition coefficient (Wildman–Crippen LogP) is 4.90. The molecule has 1 heterocycles. The third-order valence-corrected chi connectivity index (χ3v) is 5.13. The summed E-state index contributed by atoms with van der Waals surface area (Å²) >= 11 is 4.53. The number of anilines is 1. The summed E-state index contributed by atoms with van der Waals surface area (Å²) in [5, 5.41) is 14.0. The Labute approximate surface area is 167 Å². The van der Waals surface area contributed by atoms with E-state index in [9.17, 15) is 14.0 Å². The molecule has 0 aliphatic carbocycles. The van der Waals surface area contributed by atoms with E-state index in [1.807, 2.05) is 31.2 Å². The first-order chi connectivity index (χ1) is 12.8. The van der Waals surface area contributed by atoms with E-state index in [0.717, 1.165) is 22.2 Å². The highest BCUT2D eigenvalue weighted by molar-refractivity contribution is 9.10. The molecule has 0 atom stereocenters. The van der Waals surface area contributed by atoms with Gasteiger partial charge in [-0.15, -0.1) is 11.3 Å². The number of rotatable bonds is 5. The zero-order valence-corrected chi connectivity index (χ0v) is 16.5. The Bertz CT molecular complexity index is 1020.